The molecule has 2 N–H and O–H groups in total. The lowest BCUT2D eigenvalue weighted by Gasteiger charge is -2.15. The van der Waals surface area contributed by atoms with Gasteiger partial charge in [-0.25, -0.2) is 9.97 Å². The fourth-order valence-electron chi connectivity index (χ4n) is 1.67. The number of anilines is 2. The van der Waals surface area contributed by atoms with E-state index in [0.717, 1.165) is 18.2 Å². The third-order valence-corrected chi connectivity index (χ3v) is 2.60. The maximum absolute atomic E-state index is 4.21. The van der Waals surface area contributed by atoms with Gasteiger partial charge in [0.2, 0.25) is 0 Å². The average Bonchev–Trinajstić information content (AvgIpc) is 2.40. The lowest BCUT2D eigenvalue weighted by atomic mass is 10.1. The third-order valence-electron chi connectivity index (χ3n) is 2.60. The predicted octanol–water partition coefficient (Wildman–Crippen LogP) is 2.48. The van der Waals surface area contributed by atoms with E-state index in [1.807, 2.05) is 25.1 Å². The van der Waals surface area contributed by atoms with Crippen molar-refractivity contribution in [3.63, 3.8) is 0 Å². The predicted molar refractivity (Wildman–Crippen MR) is 72.5 cm³/mol. The molecule has 0 aliphatic rings. The summed E-state index contributed by atoms with van der Waals surface area (Å²) >= 11 is 0. The van der Waals surface area contributed by atoms with Crippen molar-refractivity contribution >= 4 is 11.6 Å². The Morgan fingerprint density at radius 3 is 2.61 bits per heavy atom. The molecule has 5 nitrogen and oxygen atoms in total. The summed E-state index contributed by atoms with van der Waals surface area (Å²) in [5.41, 5.74) is 1.17. The van der Waals surface area contributed by atoms with E-state index in [2.05, 4.69) is 32.5 Å². The largest absolute Gasteiger partial charge is 0.370 e. The molecule has 0 spiro atoms. The third kappa shape index (κ3) is 3.16. The van der Waals surface area contributed by atoms with Crippen LogP contribution in [0.5, 0.6) is 0 Å². The van der Waals surface area contributed by atoms with Crippen LogP contribution in [0.1, 0.15) is 25.5 Å². The molecule has 2 rings (SSSR count). The highest BCUT2D eigenvalue weighted by molar-refractivity contribution is 5.47. The van der Waals surface area contributed by atoms with Crippen LogP contribution in [0, 0.1) is 0 Å². The maximum atomic E-state index is 4.21. The summed E-state index contributed by atoms with van der Waals surface area (Å²) < 4.78 is 0. The second-order valence-electron chi connectivity index (χ2n) is 3.97. The van der Waals surface area contributed by atoms with Crippen molar-refractivity contribution in [1.29, 1.82) is 0 Å². The molecule has 2 heterocycles. The highest BCUT2D eigenvalue weighted by Gasteiger charge is 2.06. The van der Waals surface area contributed by atoms with Gasteiger partial charge < -0.3 is 10.6 Å². The first-order chi connectivity index (χ1) is 8.79. The SMILES string of the molecule is CCNc1cc(NC(C)c2ccncc2)ncn1. The second-order valence-corrected chi connectivity index (χ2v) is 3.97. The van der Waals surface area contributed by atoms with Gasteiger partial charge in [-0.15, -0.1) is 0 Å². The van der Waals surface area contributed by atoms with Crippen LogP contribution >= 0.6 is 0 Å². The number of hydrogen-bond acceptors (Lipinski definition) is 5. The molecule has 0 radical (unpaired) electrons. The van der Waals surface area contributed by atoms with E-state index in [4.69, 9.17) is 0 Å². The lowest BCUT2D eigenvalue weighted by Crippen LogP contribution is -2.09. The molecular formula is C13H17N5. The van der Waals surface area contributed by atoms with Gasteiger partial charge in [-0.1, -0.05) is 0 Å². The normalized spacial score (nSPS) is 11.9. The Morgan fingerprint density at radius 2 is 1.89 bits per heavy atom. The van der Waals surface area contributed by atoms with E-state index in [0.29, 0.717) is 0 Å². The molecule has 18 heavy (non-hydrogen) atoms. The molecule has 2 aromatic heterocycles. The molecule has 0 aromatic carbocycles. The molecule has 0 aliphatic heterocycles. The Morgan fingerprint density at radius 1 is 1.17 bits per heavy atom. The number of rotatable bonds is 5. The van der Waals surface area contributed by atoms with E-state index in [9.17, 15) is 0 Å². The summed E-state index contributed by atoms with van der Waals surface area (Å²) in [5, 5.41) is 6.50. The van der Waals surface area contributed by atoms with Gasteiger partial charge in [0, 0.05) is 25.0 Å². The van der Waals surface area contributed by atoms with Gasteiger partial charge in [-0.2, -0.15) is 0 Å². The van der Waals surface area contributed by atoms with E-state index in [1.165, 1.54) is 5.56 Å². The molecule has 2 aromatic rings. The van der Waals surface area contributed by atoms with Crippen LogP contribution in [0.15, 0.2) is 36.9 Å². The van der Waals surface area contributed by atoms with Crippen LogP contribution in [0.2, 0.25) is 0 Å². The molecule has 0 aliphatic carbocycles. The Labute approximate surface area is 107 Å². The van der Waals surface area contributed by atoms with Gasteiger partial charge in [0.15, 0.2) is 0 Å². The van der Waals surface area contributed by atoms with Gasteiger partial charge in [0.05, 0.1) is 6.04 Å². The van der Waals surface area contributed by atoms with Crippen LogP contribution < -0.4 is 10.6 Å². The summed E-state index contributed by atoms with van der Waals surface area (Å²) in [4.78, 5) is 12.4. The van der Waals surface area contributed by atoms with E-state index in [1.54, 1.807) is 18.7 Å². The summed E-state index contributed by atoms with van der Waals surface area (Å²) in [7, 11) is 0. The summed E-state index contributed by atoms with van der Waals surface area (Å²) in [6.07, 6.45) is 5.13. The number of nitrogens with one attached hydrogen (secondary N) is 2. The van der Waals surface area contributed by atoms with Crippen LogP contribution in [0.3, 0.4) is 0 Å². The van der Waals surface area contributed by atoms with Crippen molar-refractivity contribution in [2.45, 2.75) is 19.9 Å². The van der Waals surface area contributed by atoms with Crippen LogP contribution in [-0.4, -0.2) is 21.5 Å². The highest BCUT2D eigenvalue weighted by Crippen LogP contribution is 2.17. The monoisotopic (exact) mass is 243 g/mol. The Balaban J connectivity index is 2.07. The van der Waals surface area contributed by atoms with E-state index < -0.39 is 0 Å². The fraction of sp³-hybridized carbons (Fsp3) is 0.308. The maximum Gasteiger partial charge on any atom is 0.131 e. The molecular weight excluding hydrogens is 226 g/mol. The number of nitrogens with zero attached hydrogens (tertiary/aromatic N) is 3. The molecule has 0 saturated heterocycles. The smallest absolute Gasteiger partial charge is 0.131 e. The van der Waals surface area contributed by atoms with Gasteiger partial charge in [-0.3, -0.25) is 4.98 Å². The van der Waals surface area contributed by atoms with Crippen molar-refractivity contribution in [2.24, 2.45) is 0 Å². The van der Waals surface area contributed by atoms with Gasteiger partial charge in [0.1, 0.15) is 18.0 Å². The van der Waals surface area contributed by atoms with Gasteiger partial charge >= 0.3 is 0 Å². The summed E-state index contributed by atoms with van der Waals surface area (Å²) in [5.74, 6) is 1.64. The van der Waals surface area contributed by atoms with Crippen molar-refractivity contribution in [3.8, 4) is 0 Å². The zero-order valence-corrected chi connectivity index (χ0v) is 10.6. The van der Waals surface area contributed by atoms with E-state index in [-0.39, 0.29) is 6.04 Å². The zero-order valence-electron chi connectivity index (χ0n) is 10.6. The Hall–Kier alpha value is -2.17. The van der Waals surface area contributed by atoms with E-state index >= 15 is 0 Å². The lowest BCUT2D eigenvalue weighted by molar-refractivity contribution is 0.868. The first-order valence-electron chi connectivity index (χ1n) is 6.02. The fourth-order valence-corrected chi connectivity index (χ4v) is 1.67. The van der Waals surface area contributed by atoms with Crippen molar-refractivity contribution < 1.29 is 0 Å². The molecule has 0 bridgehead atoms. The minimum atomic E-state index is 0.178. The highest BCUT2D eigenvalue weighted by atomic mass is 15.1. The van der Waals surface area contributed by atoms with Crippen LogP contribution in [0.4, 0.5) is 11.6 Å². The first kappa shape index (κ1) is 12.3. The average molecular weight is 243 g/mol. The van der Waals surface area contributed by atoms with Crippen LogP contribution in [0.25, 0.3) is 0 Å². The van der Waals surface area contributed by atoms with Crippen LogP contribution in [-0.2, 0) is 0 Å². The molecule has 5 heteroatoms. The number of pyridine rings is 1. The minimum Gasteiger partial charge on any atom is -0.370 e. The Kier molecular flexibility index (Phi) is 4.06. The summed E-state index contributed by atoms with van der Waals surface area (Å²) in [6, 6.07) is 6.06. The molecule has 1 atom stereocenters. The molecule has 1 unspecified atom stereocenters. The van der Waals surface area contributed by atoms with Crippen molar-refractivity contribution in [1.82, 2.24) is 15.0 Å². The first-order valence-corrected chi connectivity index (χ1v) is 6.02. The van der Waals surface area contributed by atoms with Crippen molar-refractivity contribution in [2.75, 3.05) is 17.2 Å². The zero-order chi connectivity index (χ0) is 12.8. The standard InChI is InChI=1S/C13H17N5/c1-3-15-12-8-13(17-9-16-12)18-10(2)11-4-6-14-7-5-11/h4-10H,3H2,1-2H3,(H2,15,16,17,18). The molecule has 0 saturated carbocycles. The minimum absolute atomic E-state index is 0.178. The number of hydrogen-bond donors (Lipinski definition) is 2. The quantitative estimate of drug-likeness (QED) is 0.844. The van der Waals surface area contributed by atoms with Gasteiger partial charge in [0.25, 0.3) is 0 Å². The van der Waals surface area contributed by atoms with Gasteiger partial charge in [-0.05, 0) is 31.5 Å². The topological polar surface area (TPSA) is 62.7 Å². The molecule has 0 amide bonds. The summed E-state index contributed by atoms with van der Waals surface area (Å²) in [6.45, 7) is 4.97. The number of aromatic nitrogens is 3. The molecule has 0 fully saturated rings. The van der Waals surface area contributed by atoms with Crippen molar-refractivity contribution in [3.05, 3.63) is 42.5 Å². The Bertz CT molecular complexity index is 486. The molecule has 94 valence electrons. The second kappa shape index (κ2) is 5.95.